The molecule has 1 amide bonds. The molecule has 0 saturated carbocycles. The molecule has 8 heteroatoms. The van der Waals surface area contributed by atoms with Crippen LogP contribution in [0.1, 0.15) is 21.6 Å². The third kappa shape index (κ3) is 4.44. The number of nitrogen functional groups attached to an aromatic ring is 1. The number of anilines is 1. The Balaban J connectivity index is 1.99. The number of carbonyl (C=O) groups is 1. The minimum atomic E-state index is -4.42. The molecule has 0 aliphatic heterocycles. The Morgan fingerprint density at radius 1 is 1.26 bits per heavy atom. The topological polar surface area (TPSA) is 80.9 Å². The van der Waals surface area contributed by atoms with Crippen molar-refractivity contribution in [1.82, 2.24) is 15.3 Å². The van der Waals surface area contributed by atoms with Crippen molar-refractivity contribution in [3.63, 3.8) is 0 Å². The Kier molecular flexibility index (Phi) is 4.81. The van der Waals surface area contributed by atoms with E-state index in [1.165, 1.54) is 24.5 Å². The fraction of sp³-hybridized carbons (Fsp3) is 0.133. The van der Waals surface area contributed by atoms with Crippen LogP contribution in [0.5, 0.6) is 0 Å². The van der Waals surface area contributed by atoms with Gasteiger partial charge in [-0.3, -0.25) is 4.79 Å². The molecule has 3 N–H and O–H groups in total. The predicted octanol–water partition coefficient (Wildman–Crippen LogP) is 1.86. The van der Waals surface area contributed by atoms with Crippen LogP contribution in [0.3, 0.4) is 0 Å². The van der Waals surface area contributed by atoms with Crippen LogP contribution in [-0.4, -0.2) is 22.4 Å². The highest BCUT2D eigenvalue weighted by Crippen LogP contribution is 2.29. The van der Waals surface area contributed by atoms with Crippen LogP contribution in [0.2, 0.25) is 0 Å². The fourth-order valence-corrected chi connectivity index (χ4v) is 1.65. The normalized spacial score (nSPS) is 10.6. The monoisotopic (exact) mass is 320 g/mol. The number of benzene rings is 1. The molecular weight excluding hydrogens is 309 g/mol. The summed E-state index contributed by atoms with van der Waals surface area (Å²) in [5.74, 6) is 4.53. The summed E-state index contributed by atoms with van der Waals surface area (Å²) in [5.41, 5.74) is 4.89. The SMILES string of the molecule is Nc1nccnc1C(=O)NCC#Cc1cccc(C(F)(F)F)c1. The molecule has 0 spiro atoms. The van der Waals surface area contributed by atoms with Gasteiger partial charge in [0, 0.05) is 18.0 Å². The second kappa shape index (κ2) is 6.79. The number of nitrogens with zero attached hydrogens (tertiary/aromatic N) is 2. The molecule has 1 aromatic carbocycles. The third-order valence-electron chi connectivity index (χ3n) is 2.70. The van der Waals surface area contributed by atoms with Crippen molar-refractivity contribution in [2.45, 2.75) is 6.18 Å². The first kappa shape index (κ1) is 16.3. The lowest BCUT2D eigenvalue weighted by atomic mass is 10.1. The molecule has 118 valence electrons. The lowest BCUT2D eigenvalue weighted by Crippen LogP contribution is -2.26. The van der Waals surface area contributed by atoms with E-state index < -0.39 is 17.6 Å². The van der Waals surface area contributed by atoms with Crippen LogP contribution >= 0.6 is 0 Å². The highest BCUT2D eigenvalue weighted by Gasteiger charge is 2.30. The van der Waals surface area contributed by atoms with Gasteiger partial charge in [0.25, 0.3) is 5.91 Å². The molecule has 0 atom stereocenters. The summed E-state index contributed by atoms with van der Waals surface area (Å²) in [4.78, 5) is 19.3. The number of alkyl halides is 3. The molecule has 0 aliphatic rings. The molecule has 0 aliphatic carbocycles. The van der Waals surface area contributed by atoms with E-state index >= 15 is 0 Å². The van der Waals surface area contributed by atoms with E-state index in [0.29, 0.717) is 0 Å². The first-order chi connectivity index (χ1) is 10.9. The lowest BCUT2D eigenvalue weighted by molar-refractivity contribution is -0.137. The van der Waals surface area contributed by atoms with Crippen LogP contribution in [0, 0.1) is 11.8 Å². The summed E-state index contributed by atoms with van der Waals surface area (Å²) in [6.07, 6.45) is -1.76. The second-order valence-corrected chi connectivity index (χ2v) is 4.35. The standard InChI is InChI=1S/C15H11F3N4O/c16-15(17,18)11-5-1-3-10(9-11)4-2-6-22-14(23)12-13(19)21-8-7-20-12/h1,3,5,7-9H,6H2,(H2,19,21)(H,22,23). The van der Waals surface area contributed by atoms with Crippen molar-refractivity contribution in [2.24, 2.45) is 0 Å². The fourth-order valence-electron chi connectivity index (χ4n) is 1.65. The summed E-state index contributed by atoms with van der Waals surface area (Å²) in [5, 5.41) is 2.44. The molecular formula is C15H11F3N4O. The minimum Gasteiger partial charge on any atom is -0.382 e. The number of hydrogen-bond acceptors (Lipinski definition) is 4. The Hall–Kier alpha value is -3.08. The Morgan fingerprint density at radius 3 is 2.70 bits per heavy atom. The highest BCUT2D eigenvalue weighted by molar-refractivity contribution is 5.96. The van der Waals surface area contributed by atoms with Crippen molar-refractivity contribution in [2.75, 3.05) is 12.3 Å². The summed E-state index contributed by atoms with van der Waals surface area (Å²) in [6.45, 7) is -0.0644. The van der Waals surface area contributed by atoms with Gasteiger partial charge in [0.15, 0.2) is 11.5 Å². The van der Waals surface area contributed by atoms with Crippen LogP contribution < -0.4 is 11.1 Å². The molecule has 0 saturated heterocycles. The maximum atomic E-state index is 12.6. The number of halogens is 3. The van der Waals surface area contributed by atoms with Gasteiger partial charge in [0.1, 0.15) is 0 Å². The van der Waals surface area contributed by atoms with Crippen molar-refractivity contribution in [1.29, 1.82) is 0 Å². The van der Waals surface area contributed by atoms with Crippen LogP contribution in [0.25, 0.3) is 0 Å². The Morgan fingerprint density at radius 2 is 2.00 bits per heavy atom. The molecule has 0 fully saturated rings. The quantitative estimate of drug-likeness (QED) is 0.828. The van der Waals surface area contributed by atoms with Gasteiger partial charge in [-0.15, -0.1) is 0 Å². The third-order valence-corrected chi connectivity index (χ3v) is 2.70. The van der Waals surface area contributed by atoms with E-state index in [0.717, 1.165) is 12.1 Å². The molecule has 0 radical (unpaired) electrons. The van der Waals surface area contributed by atoms with E-state index in [1.54, 1.807) is 0 Å². The Bertz CT molecular complexity index is 778. The number of carbonyl (C=O) groups excluding carboxylic acids is 1. The number of amides is 1. The highest BCUT2D eigenvalue weighted by atomic mass is 19.4. The van der Waals surface area contributed by atoms with Gasteiger partial charge in [0.05, 0.1) is 12.1 Å². The van der Waals surface area contributed by atoms with Crippen molar-refractivity contribution < 1.29 is 18.0 Å². The number of hydrogen-bond donors (Lipinski definition) is 2. The molecule has 1 heterocycles. The van der Waals surface area contributed by atoms with Crippen LogP contribution in [0.4, 0.5) is 19.0 Å². The van der Waals surface area contributed by atoms with Gasteiger partial charge >= 0.3 is 6.18 Å². The summed E-state index contributed by atoms with van der Waals surface area (Å²) in [6, 6.07) is 4.62. The number of aromatic nitrogens is 2. The zero-order valence-electron chi connectivity index (χ0n) is 11.7. The van der Waals surface area contributed by atoms with Crippen molar-refractivity contribution in [3.8, 4) is 11.8 Å². The molecule has 23 heavy (non-hydrogen) atoms. The molecule has 2 rings (SSSR count). The van der Waals surface area contributed by atoms with E-state index in [-0.39, 0.29) is 23.6 Å². The summed E-state index contributed by atoms with van der Waals surface area (Å²) in [7, 11) is 0. The van der Waals surface area contributed by atoms with Gasteiger partial charge in [-0.05, 0) is 18.2 Å². The Labute approximate surface area is 129 Å². The maximum absolute atomic E-state index is 12.6. The van der Waals surface area contributed by atoms with Crippen molar-refractivity contribution in [3.05, 3.63) is 53.5 Å². The second-order valence-electron chi connectivity index (χ2n) is 4.35. The van der Waals surface area contributed by atoms with Crippen LogP contribution in [-0.2, 0) is 6.18 Å². The number of nitrogens with one attached hydrogen (secondary N) is 1. The van der Waals surface area contributed by atoms with E-state index in [4.69, 9.17) is 5.73 Å². The van der Waals surface area contributed by atoms with Gasteiger partial charge < -0.3 is 11.1 Å². The molecule has 5 nitrogen and oxygen atoms in total. The van der Waals surface area contributed by atoms with Gasteiger partial charge in [-0.25, -0.2) is 9.97 Å². The zero-order valence-corrected chi connectivity index (χ0v) is 11.7. The first-order valence-corrected chi connectivity index (χ1v) is 6.39. The maximum Gasteiger partial charge on any atom is 0.416 e. The largest absolute Gasteiger partial charge is 0.416 e. The number of rotatable bonds is 2. The summed E-state index contributed by atoms with van der Waals surface area (Å²) < 4.78 is 37.7. The molecule has 2 aromatic rings. The summed E-state index contributed by atoms with van der Waals surface area (Å²) >= 11 is 0. The average molecular weight is 320 g/mol. The van der Waals surface area contributed by atoms with E-state index in [2.05, 4.69) is 27.1 Å². The molecule has 0 unspecified atom stereocenters. The average Bonchev–Trinajstić information content (AvgIpc) is 2.51. The molecule has 1 aromatic heterocycles. The van der Waals surface area contributed by atoms with Gasteiger partial charge in [-0.1, -0.05) is 17.9 Å². The predicted molar refractivity (Wildman–Crippen MR) is 77.1 cm³/mol. The van der Waals surface area contributed by atoms with E-state index in [9.17, 15) is 18.0 Å². The zero-order chi connectivity index (χ0) is 16.9. The van der Waals surface area contributed by atoms with Gasteiger partial charge in [0.2, 0.25) is 0 Å². The molecule has 0 bridgehead atoms. The van der Waals surface area contributed by atoms with Gasteiger partial charge in [-0.2, -0.15) is 13.2 Å². The van der Waals surface area contributed by atoms with Crippen molar-refractivity contribution >= 4 is 11.7 Å². The van der Waals surface area contributed by atoms with Crippen LogP contribution in [0.15, 0.2) is 36.7 Å². The first-order valence-electron chi connectivity index (χ1n) is 6.39. The lowest BCUT2D eigenvalue weighted by Gasteiger charge is -2.05. The number of nitrogens with two attached hydrogens (primary N) is 1. The van der Waals surface area contributed by atoms with E-state index in [1.807, 2.05) is 0 Å². The smallest absolute Gasteiger partial charge is 0.382 e. The minimum absolute atomic E-state index is 0.0177.